The molecule has 3 nitrogen and oxygen atoms in total. The third-order valence-corrected chi connectivity index (χ3v) is 4.16. The van der Waals surface area contributed by atoms with Crippen molar-refractivity contribution in [3.8, 4) is 5.75 Å². The number of aryl methyl sites for hydroxylation is 2. The van der Waals surface area contributed by atoms with E-state index in [0.29, 0.717) is 6.61 Å². The molecule has 1 aromatic carbocycles. The lowest BCUT2D eigenvalue weighted by Crippen LogP contribution is -2.13. The number of nitrogens with zero attached hydrogens (tertiary/aromatic N) is 1. The van der Waals surface area contributed by atoms with Crippen molar-refractivity contribution >= 4 is 11.3 Å². The summed E-state index contributed by atoms with van der Waals surface area (Å²) in [7, 11) is 0. The van der Waals surface area contributed by atoms with Crippen LogP contribution in [0.25, 0.3) is 0 Å². The number of benzene rings is 1. The maximum atomic E-state index is 6.26. The molecule has 0 radical (unpaired) electrons. The van der Waals surface area contributed by atoms with Crippen molar-refractivity contribution in [1.29, 1.82) is 0 Å². The second-order valence-corrected chi connectivity index (χ2v) is 5.85. The molecule has 0 fully saturated rings. The highest BCUT2D eigenvalue weighted by Gasteiger charge is 2.11. The monoisotopic (exact) mass is 276 g/mol. The Kier molecular flexibility index (Phi) is 4.56. The van der Waals surface area contributed by atoms with E-state index in [9.17, 15) is 0 Å². The summed E-state index contributed by atoms with van der Waals surface area (Å²) in [5, 5.41) is 1.10. The molecular weight excluding hydrogens is 256 g/mol. The number of rotatable bonds is 5. The molecule has 0 aliphatic heterocycles. The van der Waals surface area contributed by atoms with E-state index in [0.717, 1.165) is 28.4 Å². The second-order valence-electron chi connectivity index (χ2n) is 4.57. The second kappa shape index (κ2) is 6.17. The Hall–Kier alpha value is -1.39. The number of nitrogens with two attached hydrogens (primary N) is 1. The van der Waals surface area contributed by atoms with Gasteiger partial charge in [0.1, 0.15) is 5.75 Å². The minimum atomic E-state index is -0.0367. The molecule has 1 unspecified atom stereocenters. The summed E-state index contributed by atoms with van der Waals surface area (Å²) in [5.74, 6) is 0.877. The molecule has 0 aliphatic rings. The SMILES string of the molecule is CCOc1cccc(C(N)Cc2nc(C)c(C)s2)c1. The van der Waals surface area contributed by atoms with Gasteiger partial charge in [-0.05, 0) is 38.5 Å². The molecule has 1 heterocycles. The van der Waals surface area contributed by atoms with E-state index in [1.54, 1.807) is 11.3 Å². The molecule has 0 saturated heterocycles. The van der Waals surface area contributed by atoms with Gasteiger partial charge < -0.3 is 10.5 Å². The van der Waals surface area contributed by atoms with Gasteiger partial charge in [-0.15, -0.1) is 11.3 Å². The van der Waals surface area contributed by atoms with Crippen molar-refractivity contribution in [3.63, 3.8) is 0 Å². The van der Waals surface area contributed by atoms with Crippen molar-refractivity contribution < 1.29 is 4.74 Å². The van der Waals surface area contributed by atoms with Crippen LogP contribution in [0.1, 0.15) is 34.1 Å². The fourth-order valence-corrected chi connectivity index (χ4v) is 2.93. The first-order valence-electron chi connectivity index (χ1n) is 6.51. The van der Waals surface area contributed by atoms with Gasteiger partial charge in [-0.1, -0.05) is 12.1 Å². The first-order valence-corrected chi connectivity index (χ1v) is 7.33. The van der Waals surface area contributed by atoms with Gasteiger partial charge >= 0.3 is 0 Å². The van der Waals surface area contributed by atoms with Crippen LogP contribution in [-0.4, -0.2) is 11.6 Å². The molecule has 19 heavy (non-hydrogen) atoms. The minimum Gasteiger partial charge on any atom is -0.494 e. The largest absolute Gasteiger partial charge is 0.494 e. The molecule has 1 atom stereocenters. The fourth-order valence-electron chi connectivity index (χ4n) is 1.93. The zero-order valence-corrected chi connectivity index (χ0v) is 12.5. The molecular formula is C15H20N2OS. The van der Waals surface area contributed by atoms with E-state index >= 15 is 0 Å². The fraction of sp³-hybridized carbons (Fsp3) is 0.400. The van der Waals surface area contributed by atoms with Crippen LogP contribution in [0.15, 0.2) is 24.3 Å². The summed E-state index contributed by atoms with van der Waals surface area (Å²) in [6.45, 7) is 6.78. The highest BCUT2D eigenvalue weighted by atomic mass is 32.1. The summed E-state index contributed by atoms with van der Waals surface area (Å²) < 4.78 is 5.50. The molecule has 0 aliphatic carbocycles. The molecule has 1 aromatic heterocycles. The Morgan fingerprint density at radius 3 is 2.79 bits per heavy atom. The summed E-state index contributed by atoms with van der Waals surface area (Å²) in [6, 6.07) is 7.96. The van der Waals surface area contributed by atoms with Crippen LogP contribution in [-0.2, 0) is 6.42 Å². The van der Waals surface area contributed by atoms with Gasteiger partial charge in [-0.3, -0.25) is 0 Å². The lowest BCUT2D eigenvalue weighted by atomic mass is 10.0. The van der Waals surface area contributed by atoms with E-state index in [1.165, 1.54) is 4.88 Å². The molecule has 2 N–H and O–H groups in total. The Bertz CT molecular complexity index is 531. The highest BCUT2D eigenvalue weighted by Crippen LogP contribution is 2.24. The number of hydrogen-bond donors (Lipinski definition) is 1. The van der Waals surface area contributed by atoms with Crippen LogP contribution in [0.5, 0.6) is 5.75 Å². The van der Waals surface area contributed by atoms with E-state index < -0.39 is 0 Å². The topological polar surface area (TPSA) is 48.1 Å². The van der Waals surface area contributed by atoms with E-state index in [2.05, 4.69) is 11.9 Å². The molecule has 0 amide bonds. The van der Waals surface area contributed by atoms with Gasteiger partial charge in [0.05, 0.1) is 17.3 Å². The van der Waals surface area contributed by atoms with Crippen molar-refractivity contribution in [2.45, 2.75) is 33.2 Å². The van der Waals surface area contributed by atoms with Gasteiger partial charge in [-0.25, -0.2) is 4.98 Å². The molecule has 0 spiro atoms. The van der Waals surface area contributed by atoms with Crippen molar-refractivity contribution in [2.24, 2.45) is 5.73 Å². The number of hydrogen-bond acceptors (Lipinski definition) is 4. The average Bonchev–Trinajstić information content (AvgIpc) is 2.69. The Balaban J connectivity index is 2.10. The smallest absolute Gasteiger partial charge is 0.119 e. The van der Waals surface area contributed by atoms with Crippen LogP contribution in [0.4, 0.5) is 0 Å². The van der Waals surface area contributed by atoms with Gasteiger partial charge in [-0.2, -0.15) is 0 Å². The summed E-state index contributed by atoms with van der Waals surface area (Å²) in [4.78, 5) is 5.81. The van der Waals surface area contributed by atoms with Gasteiger partial charge in [0.25, 0.3) is 0 Å². The predicted molar refractivity (Wildman–Crippen MR) is 79.8 cm³/mol. The third kappa shape index (κ3) is 3.55. The van der Waals surface area contributed by atoms with Crippen LogP contribution in [0.2, 0.25) is 0 Å². The Labute approximate surface area is 118 Å². The Morgan fingerprint density at radius 2 is 2.16 bits per heavy atom. The van der Waals surface area contributed by atoms with Crippen molar-refractivity contribution in [1.82, 2.24) is 4.98 Å². The zero-order chi connectivity index (χ0) is 13.8. The first-order chi connectivity index (χ1) is 9.10. The maximum Gasteiger partial charge on any atom is 0.119 e. The van der Waals surface area contributed by atoms with Gasteiger partial charge in [0.15, 0.2) is 0 Å². The van der Waals surface area contributed by atoms with Gasteiger partial charge in [0, 0.05) is 17.3 Å². The van der Waals surface area contributed by atoms with Crippen LogP contribution in [0, 0.1) is 13.8 Å². The van der Waals surface area contributed by atoms with E-state index in [-0.39, 0.29) is 6.04 Å². The third-order valence-electron chi connectivity index (χ3n) is 3.06. The van der Waals surface area contributed by atoms with Crippen molar-refractivity contribution in [2.75, 3.05) is 6.61 Å². The van der Waals surface area contributed by atoms with Crippen molar-refractivity contribution in [3.05, 3.63) is 45.4 Å². The number of thiazole rings is 1. The standard InChI is InChI=1S/C15H20N2OS/c1-4-18-13-7-5-6-12(8-13)14(16)9-15-17-10(2)11(3)19-15/h5-8,14H,4,9,16H2,1-3H3. The lowest BCUT2D eigenvalue weighted by molar-refractivity contribution is 0.339. The highest BCUT2D eigenvalue weighted by molar-refractivity contribution is 7.11. The number of aromatic nitrogens is 1. The molecule has 2 aromatic rings. The van der Waals surface area contributed by atoms with E-state index in [1.807, 2.05) is 38.1 Å². The van der Waals surface area contributed by atoms with Crippen LogP contribution >= 0.6 is 11.3 Å². The van der Waals surface area contributed by atoms with E-state index in [4.69, 9.17) is 10.5 Å². The quantitative estimate of drug-likeness (QED) is 0.910. The predicted octanol–water partition coefficient (Wildman–Crippen LogP) is 3.40. The number of ether oxygens (including phenoxy) is 1. The summed E-state index contributed by atoms with van der Waals surface area (Å²) in [5.41, 5.74) is 8.46. The minimum absolute atomic E-state index is 0.0367. The van der Waals surface area contributed by atoms with Gasteiger partial charge in [0.2, 0.25) is 0 Å². The van der Waals surface area contributed by atoms with Crippen LogP contribution in [0.3, 0.4) is 0 Å². The average molecular weight is 276 g/mol. The molecule has 102 valence electrons. The van der Waals surface area contributed by atoms with Crippen LogP contribution < -0.4 is 10.5 Å². The molecule has 4 heteroatoms. The molecule has 2 rings (SSSR count). The maximum absolute atomic E-state index is 6.26. The normalized spacial score (nSPS) is 12.4. The zero-order valence-electron chi connectivity index (χ0n) is 11.6. The lowest BCUT2D eigenvalue weighted by Gasteiger charge is -2.12. The molecule has 0 bridgehead atoms. The summed E-state index contributed by atoms with van der Waals surface area (Å²) >= 11 is 1.73. The first kappa shape index (κ1) is 14.0. The summed E-state index contributed by atoms with van der Waals surface area (Å²) in [6.07, 6.45) is 0.773. The Morgan fingerprint density at radius 1 is 1.37 bits per heavy atom. The molecule has 0 saturated carbocycles.